The smallest absolute Gasteiger partial charge is 0.194 e. The lowest BCUT2D eigenvalue weighted by molar-refractivity contribution is 0.259. The highest BCUT2D eigenvalue weighted by Crippen LogP contribution is 2.36. The van der Waals surface area contributed by atoms with Gasteiger partial charge in [-0.15, -0.1) is 0 Å². The van der Waals surface area contributed by atoms with E-state index < -0.39 is 17.5 Å². The molecule has 1 saturated heterocycles. The lowest BCUT2D eigenvalue weighted by Gasteiger charge is -2.29. The van der Waals surface area contributed by atoms with Crippen molar-refractivity contribution < 1.29 is 13.2 Å². The molecule has 1 aromatic carbocycles. The molecule has 2 fully saturated rings. The Labute approximate surface area is 116 Å². The number of hydrogen-bond donors (Lipinski definition) is 1. The zero-order valence-electron chi connectivity index (χ0n) is 11.3. The standard InChI is InChI=1S/C15H19F3N2/c16-12-4-9(5-13(17)15(12)18)6-20-7-10-2-1-3-14(19)11(10)8-20/h4-5,10-11,14H,1-3,6-8,19H2. The van der Waals surface area contributed by atoms with E-state index in [0.29, 0.717) is 23.9 Å². The van der Waals surface area contributed by atoms with E-state index in [1.165, 1.54) is 6.42 Å². The van der Waals surface area contributed by atoms with Crippen molar-refractivity contribution in [2.24, 2.45) is 17.6 Å². The Morgan fingerprint density at radius 1 is 1.10 bits per heavy atom. The first-order chi connectivity index (χ1) is 9.54. The van der Waals surface area contributed by atoms with E-state index in [1.54, 1.807) is 0 Å². The zero-order chi connectivity index (χ0) is 14.3. The third-order valence-electron chi connectivity index (χ3n) is 4.68. The molecule has 3 rings (SSSR count). The van der Waals surface area contributed by atoms with Crippen LogP contribution in [-0.4, -0.2) is 24.0 Å². The van der Waals surface area contributed by atoms with Gasteiger partial charge in [0, 0.05) is 25.7 Å². The Balaban J connectivity index is 1.70. The first-order valence-electron chi connectivity index (χ1n) is 7.16. The van der Waals surface area contributed by atoms with Crippen molar-refractivity contribution in [3.8, 4) is 0 Å². The summed E-state index contributed by atoms with van der Waals surface area (Å²) in [4.78, 5) is 2.17. The van der Waals surface area contributed by atoms with Gasteiger partial charge in [-0.25, -0.2) is 13.2 Å². The Hall–Kier alpha value is -1.07. The summed E-state index contributed by atoms with van der Waals surface area (Å²) in [6, 6.07) is 2.40. The fraction of sp³-hybridized carbons (Fsp3) is 0.600. The fourth-order valence-electron chi connectivity index (χ4n) is 3.70. The highest BCUT2D eigenvalue weighted by molar-refractivity contribution is 5.19. The van der Waals surface area contributed by atoms with E-state index in [-0.39, 0.29) is 6.04 Å². The largest absolute Gasteiger partial charge is 0.327 e. The van der Waals surface area contributed by atoms with Crippen molar-refractivity contribution in [3.63, 3.8) is 0 Å². The third kappa shape index (κ3) is 2.56. The molecule has 3 unspecified atom stereocenters. The molecule has 2 nitrogen and oxygen atoms in total. The number of nitrogens with two attached hydrogens (primary N) is 1. The quantitative estimate of drug-likeness (QED) is 0.846. The van der Waals surface area contributed by atoms with Gasteiger partial charge >= 0.3 is 0 Å². The second-order valence-electron chi connectivity index (χ2n) is 6.09. The van der Waals surface area contributed by atoms with E-state index in [2.05, 4.69) is 4.90 Å². The molecule has 110 valence electrons. The Kier molecular flexibility index (Phi) is 3.73. The van der Waals surface area contributed by atoms with Gasteiger partial charge in [-0.2, -0.15) is 0 Å². The van der Waals surface area contributed by atoms with Crippen LogP contribution in [-0.2, 0) is 6.54 Å². The molecular weight excluding hydrogens is 265 g/mol. The number of likely N-dealkylation sites (tertiary alicyclic amines) is 1. The average Bonchev–Trinajstić information content (AvgIpc) is 2.80. The minimum Gasteiger partial charge on any atom is -0.327 e. The highest BCUT2D eigenvalue weighted by atomic mass is 19.2. The van der Waals surface area contributed by atoms with Crippen molar-refractivity contribution in [3.05, 3.63) is 35.1 Å². The van der Waals surface area contributed by atoms with Crippen LogP contribution in [0, 0.1) is 29.3 Å². The van der Waals surface area contributed by atoms with Gasteiger partial charge in [0.25, 0.3) is 0 Å². The lowest BCUT2D eigenvalue weighted by Crippen LogP contribution is -2.38. The van der Waals surface area contributed by atoms with Gasteiger partial charge in [-0.3, -0.25) is 4.90 Å². The molecular formula is C15H19F3N2. The van der Waals surface area contributed by atoms with Crippen LogP contribution in [0.25, 0.3) is 0 Å². The van der Waals surface area contributed by atoms with Gasteiger partial charge in [0.2, 0.25) is 0 Å². The zero-order valence-corrected chi connectivity index (χ0v) is 11.3. The monoisotopic (exact) mass is 284 g/mol. The van der Waals surface area contributed by atoms with Crippen LogP contribution in [0.5, 0.6) is 0 Å². The second kappa shape index (κ2) is 5.37. The summed E-state index contributed by atoms with van der Waals surface area (Å²) in [5, 5.41) is 0. The summed E-state index contributed by atoms with van der Waals surface area (Å²) in [7, 11) is 0. The van der Waals surface area contributed by atoms with Gasteiger partial charge in [0.05, 0.1) is 0 Å². The number of benzene rings is 1. The van der Waals surface area contributed by atoms with E-state index >= 15 is 0 Å². The van der Waals surface area contributed by atoms with Gasteiger partial charge in [0.1, 0.15) is 0 Å². The first kappa shape index (κ1) is 13.9. The number of halogens is 3. The fourth-order valence-corrected chi connectivity index (χ4v) is 3.70. The van der Waals surface area contributed by atoms with Gasteiger partial charge in [-0.05, 0) is 42.4 Å². The van der Waals surface area contributed by atoms with E-state index in [4.69, 9.17) is 5.73 Å². The highest BCUT2D eigenvalue weighted by Gasteiger charge is 2.38. The van der Waals surface area contributed by atoms with Crippen molar-refractivity contribution in [2.45, 2.75) is 31.8 Å². The molecule has 3 atom stereocenters. The van der Waals surface area contributed by atoms with Crippen LogP contribution in [0.4, 0.5) is 13.2 Å². The molecule has 0 radical (unpaired) electrons. The summed E-state index contributed by atoms with van der Waals surface area (Å²) in [6.45, 7) is 2.24. The summed E-state index contributed by atoms with van der Waals surface area (Å²) in [5.74, 6) is -2.56. The Morgan fingerprint density at radius 3 is 2.45 bits per heavy atom. The summed E-state index contributed by atoms with van der Waals surface area (Å²) in [5.41, 5.74) is 6.63. The molecule has 20 heavy (non-hydrogen) atoms. The lowest BCUT2D eigenvalue weighted by atomic mass is 9.78. The number of fused-ring (bicyclic) bond motifs is 1. The Morgan fingerprint density at radius 2 is 1.80 bits per heavy atom. The van der Waals surface area contributed by atoms with Crippen molar-refractivity contribution in [1.82, 2.24) is 4.90 Å². The van der Waals surface area contributed by atoms with Crippen molar-refractivity contribution in [1.29, 1.82) is 0 Å². The molecule has 0 amide bonds. The Bertz CT molecular complexity index is 483. The molecule has 0 aromatic heterocycles. The van der Waals surface area contributed by atoms with E-state index in [0.717, 1.165) is 38.1 Å². The molecule has 5 heteroatoms. The summed E-state index contributed by atoms with van der Waals surface area (Å²) < 4.78 is 39.4. The van der Waals surface area contributed by atoms with Crippen molar-refractivity contribution >= 4 is 0 Å². The average molecular weight is 284 g/mol. The molecule has 1 aliphatic heterocycles. The molecule has 1 aliphatic carbocycles. The summed E-state index contributed by atoms with van der Waals surface area (Å²) >= 11 is 0. The molecule has 1 aromatic rings. The predicted molar refractivity (Wildman–Crippen MR) is 70.4 cm³/mol. The number of nitrogens with zero attached hydrogens (tertiary/aromatic N) is 1. The topological polar surface area (TPSA) is 29.3 Å². The summed E-state index contributed by atoms with van der Waals surface area (Å²) in [6.07, 6.45) is 3.41. The van der Waals surface area contributed by atoms with Crippen LogP contribution in [0.1, 0.15) is 24.8 Å². The van der Waals surface area contributed by atoms with Crippen molar-refractivity contribution in [2.75, 3.05) is 13.1 Å². The van der Waals surface area contributed by atoms with Crippen LogP contribution in [0.3, 0.4) is 0 Å². The molecule has 0 bridgehead atoms. The predicted octanol–water partition coefficient (Wildman–Crippen LogP) is 2.66. The molecule has 1 heterocycles. The first-order valence-corrected chi connectivity index (χ1v) is 7.16. The number of rotatable bonds is 2. The second-order valence-corrected chi connectivity index (χ2v) is 6.09. The SMILES string of the molecule is NC1CCCC2CN(Cc3cc(F)c(F)c(F)c3)CC12. The molecule has 2 aliphatic rings. The van der Waals surface area contributed by atoms with Gasteiger partial charge in [-0.1, -0.05) is 6.42 Å². The minimum atomic E-state index is -1.40. The molecule has 2 N–H and O–H groups in total. The third-order valence-corrected chi connectivity index (χ3v) is 4.68. The van der Waals surface area contributed by atoms with Gasteiger partial charge in [0.15, 0.2) is 17.5 Å². The van der Waals surface area contributed by atoms with Crippen LogP contribution in [0.2, 0.25) is 0 Å². The maximum Gasteiger partial charge on any atom is 0.194 e. The maximum atomic E-state index is 13.2. The van der Waals surface area contributed by atoms with Crippen LogP contribution >= 0.6 is 0 Å². The van der Waals surface area contributed by atoms with Crippen LogP contribution in [0.15, 0.2) is 12.1 Å². The van der Waals surface area contributed by atoms with Crippen LogP contribution < -0.4 is 5.73 Å². The molecule has 1 saturated carbocycles. The normalized spacial score (nSPS) is 30.5. The molecule has 0 spiro atoms. The maximum absolute atomic E-state index is 13.2. The van der Waals surface area contributed by atoms with E-state index in [9.17, 15) is 13.2 Å². The van der Waals surface area contributed by atoms with Gasteiger partial charge < -0.3 is 5.73 Å². The van der Waals surface area contributed by atoms with E-state index in [1.807, 2.05) is 0 Å². The number of hydrogen-bond acceptors (Lipinski definition) is 2. The minimum absolute atomic E-state index is 0.237.